The van der Waals surface area contributed by atoms with E-state index in [1.807, 2.05) is 0 Å². The van der Waals surface area contributed by atoms with Crippen molar-refractivity contribution in [2.45, 2.75) is 12.2 Å². The van der Waals surface area contributed by atoms with Crippen LogP contribution in [-0.4, -0.2) is 28.0 Å². The van der Waals surface area contributed by atoms with Gasteiger partial charge in [-0.2, -0.15) is 5.26 Å². The summed E-state index contributed by atoms with van der Waals surface area (Å²) in [5.74, 6) is -0.119. The van der Waals surface area contributed by atoms with Crippen LogP contribution < -0.4 is 5.73 Å². The van der Waals surface area contributed by atoms with Gasteiger partial charge >= 0.3 is 0 Å². The second-order valence-electron chi connectivity index (χ2n) is 2.74. The largest absolute Gasteiger partial charge is 0.447 e. The lowest BCUT2D eigenvalue weighted by molar-refractivity contribution is -0.0156. The van der Waals surface area contributed by atoms with E-state index in [2.05, 4.69) is 0 Å². The maximum absolute atomic E-state index is 9.44. The zero-order valence-electron chi connectivity index (χ0n) is 7.21. The number of nitrogen functional groups attached to an aromatic ring is 1. The molecule has 1 aromatic rings. The van der Waals surface area contributed by atoms with Gasteiger partial charge in [-0.15, -0.1) is 0 Å². The minimum Gasteiger partial charge on any atom is -0.447 e. The average Bonchev–Trinajstić information content (AvgIpc) is 2.57. The second kappa shape index (κ2) is 4.11. The Bertz CT molecular complexity index is 355. The molecule has 0 saturated carbocycles. The molecule has 0 bridgehead atoms. The van der Waals surface area contributed by atoms with Crippen LogP contribution in [-0.2, 0) is 0 Å². The molecule has 0 aliphatic heterocycles. The van der Waals surface area contributed by atoms with E-state index in [4.69, 9.17) is 25.6 Å². The molecule has 0 aliphatic rings. The van der Waals surface area contributed by atoms with Gasteiger partial charge in [0.2, 0.25) is 5.88 Å². The predicted octanol–water partition coefficient (Wildman–Crippen LogP) is -0.880. The Hall–Kier alpha value is -1.55. The van der Waals surface area contributed by atoms with Gasteiger partial charge in [-0.05, 0) is 0 Å². The van der Waals surface area contributed by atoms with Crippen LogP contribution in [0, 0.1) is 11.3 Å². The van der Waals surface area contributed by atoms with E-state index in [9.17, 15) is 5.11 Å². The molecular weight excluding hydrogens is 188 g/mol. The molecule has 0 aliphatic carbocycles. The standard InChI is InChI=1S/C8H10N2O4/c9-1-4-5(3-14-8(4)10)7(13)6(12)2-11/h3,6-7,11-13H,2,10H2. The van der Waals surface area contributed by atoms with Crippen LogP contribution in [0.2, 0.25) is 0 Å². The normalized spacial score (nSPS) is 14.7. The molecule has 14 heavy (non-hydrogen) atoms. The summed E-state index contributed by atoms with van der Waals surface area (Å²) in [7, 11) is 0. The zero-order chi connectivity index (χ0) is 10.7. The number of aliphatic hydroxyl groups is 3. The lowest BCUT2D eigenvalue weighted by Gasteiger charge is -2.13. The first-order valence-corrected chi connectivity index (χ1v) is 3.85. The van der Waals surface area contributed by atoms with Crippen LogP contribution in [0.4, 0.5) is 5.88 Å². The van der Waals surface area contributed by atoms with Gasteiger partial charge in [0.05, 0.1) is 6.61 Å². The lowest BCUT2D eigenvalue weighted by Crippen LogP contribution is -2.22. The first-order chi connectivity index (χ1) is 6.61. The number of aliphatic hydroxyl groups excluding tert-OH is 3. The van der Waals surface area contributed by atoms with Gasteiger partial charge in [-0.3, -0.25) is 0 Å². The van der Waals surface area contributed by atoms with Crippen molar-refractivity contribution in [3.63, 3.8) is 0 Å². The molecular formula is C8H10N2O4. The number of nitrogens with two attached hydrogens (primary N) is 1. The maximum Gasteiger partial charge on any atom is 0.208 e. The third-order valence-electron chi connectivity index (χ3n) is 1.83. The molecule has 0 radical (unpaired) electrons. The molecule has 1 heterocycles. The summed E-state index contributed by atoms with van der Waals surface area (Å²) in [6, 6.07) is 1.73. The number of nitriles is 1. The van der Waals surface area contributed by atoms with E-state index >= 15 is 0 Å². The van der Waals surface area contributed by atoms with Crippen LogP contribution in [0.5, 0.6) is 0 Å². The molecule has 6 heteroatoms. The van der Waals surface area contributed by atoms with Crippen molar-refractivity contribution in [3.8, 4) is 6.07 Å². The Morgan fingerprint density at radius 1 is 1.57 bits per heavy atom. The molecule has 0 saturated heterocycles. The van der Waals surface area contributed by atoms with Crippen LogP contribution in [0.1, 0.15) is 17.2 Å². The van der Waals surface area contributed by atoms with E-state index in [1.165, 1.54) is 0 Å². The van der Waals surface area contributed by atoms with Crippen molar-refractivity contribution in [2.75, 3.05) is 12.3 Å². The van der Waals surface area contributed by atoms with E-state index in [0.717, 1.165) is 6.26 Å². The van der Waals surface area contributed by atoms with Gasteiger partial charge in [0.15, 0.2) is 0 Å². The molecule has 76 valence electrons. The highest BCUT2D eigenvalue weighted by molar-refractivity contribution is 5.52. The molecule has 5 N–H and O–H groups in total. The average molecular weight is 198 g/mol. The Balaban J connectivity index is 3.02. The summed E-state index contributed by atoms with van der Waals surface area (Å²) in [5.41, 5.74) is 5.34. The smallest absolute Gasteiger partial charge is 0.208 e. The molecule has 6 nitrogen and oxygen atoms in total. The third kappa shape index (κ3) is 1.70. The Kier molecular flexibility index (Phi) is 3.09. The molecule has 0 amide bonds. The van der Waals surface area contributed by atoms with Gasteiger partial charge in [0.25, 0.3) is 0 Å². The zero-order valence-corrected chi connectivity index (χ0v) is 7.21. The lowest BCUT2D eigenvalue weighted by atomic mass is 10.0. The van der Waals surface area contributed by atoms with Crippen LogP contribution in [0.25, 0.3) is 0 Å². The first-order valence-electron chi connectivity index (χ1n) is 3.85. The summed E-state index contributed by atoms with van der Waals surface area (Å²) in [6.07, 6.45) is -1.66. The van der Waals surface area contributed by atoms with E-state index < -0.39 is 18.8 Å². The minimum absolute atomic E-state index is 0.0231. The molecule has 2 unspecified atom stereocenters. The van der Waals surface area contributed by atoms with Crippen LogP contribution in [0.3, 0.4) is 0 Å². The number of furan rings is 1. The Labute approximate surface area is 79.8 Å². The predicted molar refractivity (Wildman–Crippen MR) is 45.9 cm³/mol. The summed E-state index contributed by atoms with van der Waals surface area (Å²) in [4.78, 5) is 0. The number of rotatable bonds is 3. The van der Waals surface area contributed by atoms with Gasteiger partial charge in [-0.25, -0.2) is 0 Å². The van der Waals surface area contributed by atoms with Crippen molar-refractivity contribution in [2.24, 2.45) is 0 Å². The van der Waals surface area contributed by atoms with Crippen molar-refractivity contribution in [1.29, 1.82) is 5.26 Å². The minimum atomic E-state index is -1.38. The van der Waals surface area contributed by atoms with Crippen LogP contribution >= 0.6 is 0 Å². The number of nitrogens with zero attached hydrogens (tertiary/aromatic N) is 1. The van der Waals surface area contributed by atoms with Gasteiger partial charge < -0.3 is 25.5 Å². The van der Waals surface area contributed by atoms with Crippen molar-refractivity contribution in [1.82, 2.24) is 0 Å². The third-order valence-corrected chi connectivity index (χ3v) is 1.83. The van der Waals surface area contributed by atoms with E-state index in [-0.39, 0.29) is 17.0 Å². The topological polar surface area (TPSA) is 124 Å². The monoisotopic (exact) mass is 198 g/mol. The summed E-state index contributed by atoms with van der Waals surface area (Å²) >= 11 is 0. The highest BCUT2D eigenvalue weighted by Gasteiger charge is 2.24. The quantitative estimate of drug-likeness (QED) is 0.500. The summed E-state index contributed by atoms with van der Waals surface area (Å²) in [6.45, 7) is -0.614. The van der Waals surface area contributed by atoms with Gasteiger partial charge in [0.1, 0.15) is 30.1 Å². The fourth-order valence-electron chi connectivity index (χ4n) is 1.03. The van der Waals surface area contributed by atoms with Crippen molar-refractivity contribution >= 4 is 5.88 Å². The number of hydrogen-bond acceptors (Lipinski definition) is 6. The Morgan fingerprint density at radius 3 is 2.71 bits per heavy atom. The Morgan fingerprint density at radius 2 is 2.21 bits per heavy atom. The molecule has 0 fully saturated rings. The molecule has 1 rings (SSSR count). The summed E-state index contributed by atoms with van der Waals surface area (Å²) in [5, 5.41) is 35.8. The maximum atomic E-state index is 9.44. The highest BCUT2D eigenvalue weighted by Crippen LogP contribution is 2.26. The van der Waals surface area contributed by atoms with E-state index in [0.29, 0.717) is 0 Å². The fourth-order valence-corrected chi connectivity index (χ4v) is 1.03. The van der Waals surface area contributed by atoms with Gasteiger partial charge in [0, 0.05) is 5.56 Å². The first kappa shape index (κ1) is 10.5. The van der Waals surface area contributed by atoms with Crippen molar-refractivity contribution in [3.05, 3.63) is 17.4 Å². The summed E-state index contributed by atoms with van der Waals surface area (Å²) < 4.78 is 4.70. The second-order valence-corrected chi connectivity index (χ2v) is 2.74. The van der Waals surface area contributed by atoms with E-state index in [1.54, 1.807) is 6.07 Å². The fraction of sp³-hybridized carbons (Fsp3) is 0.375. The molecule has 0 aromatic carbocycles. The van der Waals surface area contributed by atoms with Crippen molar-refractivity contribution < 1.29 is 19.7 Å². The molecule has 0 spiro atoms. The number of hydrogen-bond donors (Lipinski definition) is 4. The highest BCUT2D eigenvalue weighted by atomic mass is 16.4. The molecule has 1 aromatic heterocycles. The van der Waals surface area contributed by atoms with Crippen LogP contribution in [0.15, 0.2) is 10.7 Å². The SMILES string of the molecule is N#Cc1c(C(O)C(O)CO)coc1N. The van der Waals surface area contributed by atoms with Gasteiger partial charge in [-0.1, -0.05) is 0 Å². The molecule has 2 atom stereocenters. The number of anilines is 1.